The van der Waals surface area contributed by atoms with Gasteiger partial charge in [0.15, 0.2) is 0 Å². The lowest BCUT2D eigenvalue weighted by Gasteiger charge is -2.17. The number of nitrogens with one attached hydrogen (secondary N) is 2. The average Bonchev–Trinajstić information content (AvgIpc) is 3.35. The zero-order chi connectivity index (χ0) is 34.4. The molecule has 4 amide bonds. The van der Waals surface area contributed by atoms with Gasteiger partial charge >= 0.3 is 0 Å². The summed E-state index contributed by atoms with van der Waals surface area (Å²) in [5, 5.41) is 5.60. The molecule has 0 spiro atoms. The molecule has 1 aliphatic rings. The van der Waals surface area contributed by atoms with E-state index in [2.05, 4.69) is 31.4 Å². The van der Waals surface area contributed by atoms with Crippen LogP contribution < -0.4 is 10.6 Å². The molecule has 1 heterocycles. The van der Waals surface area contributed by atoms with Crippen LogP contribution in [0.2, 0.25) is 0 Å². The summed E-state index contributed by atoms with van der Waals surface area (Å²) in [5.74, 6) is -0.651. The van der Waals surface area contributed by atoms with Crippen molar-refractivity contribution in [3.05, 3.63) is 0 Å². The second kappa shape index (κ2) is 28.7. The third-order valence-corrected chi connectivity index (χ3v) is 6.56. The Morgan fingerprint density at radius 1 is 0.532 bits per heavy atom. The van der Waals surface area contributed by atoms with E-state index in [1.165, 1.54) is 0 Å². The van der Waals surface area contributed by atoms with E-state index in [0.29, 0.717) is 125 Å². The molecule has 0 bridgehead atoms. The lowest BCUT2D eigenvalue weighted by Crippen LogP contribution is -2.35. The first-order chi connectivity index (χ1) is 22.7. The topological polar surface area (TPSA) is 169 Å². The Labute approximate surface area is 279 Å². The van der Waals surface area contributed by atoms with Crippen molar-refractivity contribution in [3.63, 3.8) is 0 Å². The summed E-state index contributed by atoms with van der Waals surface area (Å²) in [6, 6.07) is 0. The molecule has 0 unspecified atom stereocenters. The molecular formula is C32H59N3O12. The molecule has 0 aromatic rings. The summed E-state index contributed by atoms with van der Waals surface area (Å²) in [5.41, 5.74) is 0.210. The SMILES string of the molecule is CC(C)(C)CCNC(=O)CCOCCOCCOCCOCCOCCOCCOCCOCCNC(=O)CCN1C(=O)CCC1=O. The highest BCUT2D eigenvalue weighted by molar-refractivity contribution is 6.02. The number of carbonyl (C=O) groups excluding carboxylic acids is 4. The van der Waals surface area contributed by atoms with E-state index >= 15 is 0 Å². The second-order valence-electron chi connectivity index (χ2n) is 11.8. The molecule has 0 aliphatic carbocycles. The first-order valence-electron chi connectivity index (χ1n) is 16.7. The number of likely N-dealkylation sites (tertiary alicyclic amines) is 1. The van der Waals surface area contributed by atoms with Crippen molar-refractivity contribution in [2.24, 2.45) is 5.41 Å². The van der Waals surface area contributed by atoms with Crippen molar-refractivity contribution < 1.29 is 57.1 Å². The summed E-state index contributed by atoms with van der Waals surface area (Å²) >= 11 is 0. The van der Waals surface area contributed by atoms with Crippen LogP contribution >= 0.6 is 0 Å². The summed E-state index contributed by atoms with van der Waals surface area (Å²) < 4.78 is 43.5. The summed E-state index contributed by atoms with van der Waals surface area (Å²) in [7, 11) is 0. The minimum absolute atomic E-state index is 0.0100. The lowest BCUT2D eigenvalue weighted by atomic mass is 9.92. The van der Waals surface area contributed by atoms with Crippen molar-refractivity contribution in [3.8, 4) is 0 Å². The molecule has 274 valence electrons. The van der Waals surface area contributed by atoms with Crippen LogP contribution in [-0.4, -0.2) is 154 Å². The molecule has 15 heteroatoms. The van der Waals surface area contributed by atoms with E-state index in [0.717, 1.165) is 11.3 Å². The minimum Gasteiger partial charge on any atom is -0.379 e. The number of hydrogen-bond acceptors (Lipinski definition) is 12. The highest BCUT2D eigenvalue weighted by Gasteiger charge is 2.28. The standard InChI is InChI=1S/C32H59N3O12/c1-32(2,3)8-9-33-29(37)7-12-40-14-16-42-18-20-44-22-24-46-26-27-47-25-23-45-21-19-43-17-15-41-13-10-34-28(36)6-11-35-30(38)4-5-31(35)39/h4-27H2,1-3H3,(H,33,37)(H,34,36). The van der Waals surface area contributed by atoms with E-state index in [1.54, 1.807) is 0 Å². The maximum Gasteiger partial charge on any atom is 0.229 e. The van der Waals surface area contributed by atoms with Gasteiger partial charge in [-0.2, -0.15) is 0 Å². The van der Waals surface area contributed by atoms with Crippen molar-refractivity contribution in [2.45, 2.75) is 52.9 Å². The van der Waals surface area contributed by atoms with E-state index in [4.69, 9.17) is 37.9 Å². The number of ether oxygens (including phenoxy) is 8. The predicted octanol–water partition coefficient (Wildman–Crippen LogP) is 0.717. The van der Waals surface area contributed by atoms with E-state index in [-0.39, 0.29) is 54.9 Å². The Balaban J connectivity index is 1.69. The van der Waals surface area contributed by atoms with Gasteiger partial charge in [-0.15, -0.1) is 0 Å². The number of carbonyl (C=O) groups is 4. The maximum absolute atomic E-state index is 11.8. The van der Waals surface area contributed by atoms with Gasteiger partial charge in [-0.05, 0) is 11.8 Å². The number of hydrogen-bond donors (Lipinski definition) is 2. The first kappa shape index (κ1) is 42.8. The fraction of sp³-hybridized carbons (Fsp3) is 0.875. The van der Waals surface area contributed by atoms with Gasteiger partial charge in [0.2, 0.25) is 23.6 Å². The van der Waals surface area contributed by atoms with Crippen LogP contribution in [0.4, 0.5) is 0 Å². The third kappa shape index (κ3) is 27.4. The quantitative estimate of drug-likeness (QED) is 0.0757. The maximum atomic E-state index is 11.8. The average molecular weight is 678 g/mol. The monoisotopic (exact) mass is 677 g/mol. The van der Waals surface area contributed by atoms with E-state index in [9.17, 15) is 19.2 Å². The van der Waals surface area contributed by atoms with Gasteiger partial charge in [0.1, 0.15) is 0 Å². The molecule has 2 N–H and O–H groups in total. The zero-order valence-corrected chi connectivity index (χ0v) is 28.8. The van der Waals surface area contributed by atoms with Gasteiger partial charge in [-0.25, -0.2) is 0 Å². The van der Waals surface area contributed by atoms with E-state index in [1.807, 2.05) is 0 Å². The molecule has 0 aromatic carbocycles. The Morgan fingerprint density at radius 3 is 1.28 bits per heavy atom. The molecule has 0 atom stereocenters. The zero-order valence-electron chi connectivity index (χ0n) is 28.8. The molecular weight excluding hydrogens is 618 g/mol. The minimum atomic E-state index is -0.226. The first-order valence-corrected chi connectivity index (χ1v) is 16.7. The second-order valence-corrected chi connectivity index (χ2v) is 11.8. The van der Waals surface area contributed by atoms with Crippen LogP contribution in [0, 0.1) is 5.41 Å². The molecule has 1 rings (SSSR count). The number of nitrogens with zero attached hydrogens (tertiary/aromatic N) is 1. The summed E-state index contributed by atoms with van der Waals surface area (Å²) in [4.78, 5) is 47.7. The molecule has 0 saturated carbocycles. The van der Waals surface area contributed by atoms with Crippen molar-refractivity contribution in [1.29, 1.82) is 0 Å². The van der Waals surface area contributed by atoms with Gasteiger partial charge < -0.3 is 48.5 Å². The van der Waals surface area contributed by atoms with Gasteiger partial charge in [0.05, 0.1) is 106 Å². The highest BCUT2D eigenvalue weighted by atomic mass is 16.6. The molecule has 1 fully saturated rings. The fourth-order valence-corrected chi connectivity index (χ4v) is 3.91. The van der Waals surface area contributed by atoms with Gasteiger partial charge in [0.25, 0.3) is 0 Å². The van der Waals surface area contributed by atoms with Crippen LogP contribution in [0.15, 0.2) is 0 Å². The number of rotatable bonds is 32. The lowest BCUT2D eigenvalue weighted by molar-refractivity contribution is -0.138. The summed E-state index contributed by atoms with van der Waals surface area (Å²) in [6.45, 7) is 14.7. The normalized spacial score (nSPS) is 13.5. The van der Waals surface area contributed by atoms with Crippen LogP contribution in [0.1, 0.15) is 52.9 Å². The predicted molar refractivity (Wildman–Crippen MR) is 172 cm³/mol. The highest BCUT2D eigenvalue weighted by Crippen LogP contribution is 2.16. The van der Waals surface area contributed by atoms with Crippen molar-refractivity contribution in [1.82, 2.24) is 15.5 Å². The summed E-state index contributed by atoms with van der Waals surface area (Å²) in [6.07, 6.45) is 1.85. The Morgan fingerprint density at radius 2 is 0.872 bits per heavy atom. The van der Waals surface area contributed by atoms with Crippen molar-refractivity contribution >= 4 is 23.6 Å². The van der Waals surface area contributed by atoms with Gasteiger partial charge in [0, 0.05) is 45.3 Å². The van der Waals surface area contributed by atoms with Gasteiger partial charge in [-0.3, -0.25) is 24.1 Å². The molecule has 0 aromatic heterocycles. The molecule has 0 radical (unpaired) electrons. The number of imide groups is 1. The largest absolute Gasteiger partial charge is 0.379 e. The fourth-order valence-electron chi connectivity index (χ4n) is 3.91. The van der Waals surface area contributed by atoms with Gasteiger partial charge in [-0.1, -0.05) is 20.8 Å². The van der Waals surface area contributed by atoms with Crippen LogP contribution in [-0.2, 0) is 57.1 Å². The van der Waals surface area contributed by atoms with Crippen LogP contribution in [0.5, 0.6) is 0 Å². The third-order valence-electron chi connectivity index (χ3n) is 6.56. The van der Waals surface area contributed by atoms with E-state index < -0.39 is 0 Å². The Hall–Kier alpha value is -2.24. The molecule has 47 heavy (non-hydrogen) atoms. The number of amides is 4. The Bertz CT molecular complexity index is 825. The Kier molecular flexibility index (Phi) is 26.2. The smallest absolute Gasteiger partial charge is 0.229 e. The van der Waals surface area contributed by atoms with Crippen LogP contribution in [0.3, 0.4) is 0 Å². The van der Waals surface area contributed by atoms with Crippen molar-refractivity contribution in [2.75, 3.05) is 125 Å². The molecule has 15 nitrogen and oxygen atoms in total. The molecule has 1 aliphatic heterocycles. The molecule has 1 saturated heterocycles. The van der Waals surface area contributed by atoms with Crippen LogP contribution in [0.25, 0.3) is 0 Å².